The molecule has 0 saturated heterocycles. The number of carbonyl (C=O) groups excluding carboxylic acids is 1. The van der Waals surface area contributed by atoms with E-state index >= 15 is 0 Å². The molecule has 1 atom stereocenters. The zero-order chi connectivity index (χ0) is 20.7. The van der Waals surface area contributed by atoms with Crippen molar-refractivity contribution in [1.29, 1.82) is 0 Å². The Hall–Kier alpha value is -2.09. The first-order valence-electron chi connectivity index (χ1n) is 8.86. The Bertz CT molecular complexity index is 901. The van der Waals surface area contributed by atoms with Gasteiger partial charge in [-0.3, -0.25) is 4.79 Å². The van der Waals surface area contributed by atoms with Crippen LogP contribution in [0.2, 0.25) is 5.02 Å². The fourth-order valence-electron chi connectivity index (χ4n) is 2.76. The highest BCUT2D eigenvalue weighted by atomic mass is 35.5. The Balaban J connectivity index is 2.10. The van der Waals surface area contributed by atoms with Gasteiger partial charge in [-0.2, -0.15) is 4.31 Å². The van der Waals surface area contributed by atoms with Gasteiger partial charge in [0.15, 0.2) is 0 Å². The summed E-state index contributed by atoms with van der Waals surface area (Å²) >= 11 is 6.13. The van der Waals surface area contributed by atoms with Gasteiger partial charge in [-0.25, -0.2) is 8.42 Å². The molecule has 0 aliphatic heterocycles. The molecule has 2 aromatic carbocycles. The van der Waals surface area contributed by atoms with Crippen LogP contribution in [0.3, 0.4) is 0 Å². The number of hydrogen-bond acceptors (Lipinski definition) is 4. The van der Waals surface area contributed by atoms with Gasteiger partial charge in [0.25, 0.3) is 0 Å². The average molecular weight is 425 g/mol. The normalized spacial score (nSPS) is 12.6. The van der Waals surface area contributed by atoms with Gasteiger partial charge in [0.2, 0.25) is 15.9 Å². The van der Waals surface area contributed by atoms with Crippen LogP contribution in [-0.4, -0.2) is 38.5 Å². The Kier molecular flexibility index (Phi) is 7.86. The molecule has 0 heterocycles. The zero-order valence-corrected chi connectivity index (χ0v) is 17.8. The highest BCUT2D eigenvalue weighted by Crippen LogP contribution is 2.21. The average Bonchev–Trinajstić information content (AvgIpc) is 2.66. The minimum absolute atomic E-state index is 0.0330. The number of nitrogens with zero attached hydrogens (tertiary/aromatic N) is 1. The van der Waals surface area contributed by atoms with Gasteiger partial charge in [0, 0.05) is 11.6 Å². The monoisotopic (exact) mass is 424 g/mol. The van der Waals surface area contributed by atoms with Gasteiger partial charge < -0.3 is 10.1 Å². The lowest BCUT2D eigenvalue weighted by atomic mass is 10.0. The van der Waals surface area contributed by atoms with E-state index in [4.69, 9.17) is 16.3 Å². The summed E-state index contributed by atoms with van der Waals surface area (Å²) < 4.78 is 30.6. The maximum absolute atomic E-state index is 12.6. The summed E-state index contributed by atoms with van der Waals surface area (Å²) in [6.45, 7) is 1.70. The van der Waals surface area contributed by atoms with Crippen molar-refractivity contribution in [3.8, 4) is 5.75 Å². The Morgan fingerprint density at radius 1 is 1.18 bits per heavy atom. The van der Waals surface area contributed by atoms with Crippen LogP contribution in [0, 0.1) is 0 Å². The van der Waals surface area contributed by atoms with E-state index in [-0.39, 0.29) is 25.0 Å². The van der Waals surface area contributed by atoms with Gasteiger partial charge in [-0.1, -0.05) is 48.9 Å². The molecule has 0 bridgehead atoms. The SMILES string of the molecule is CC[C@H](NC(=O)CN(Cc1ccccc1Cl)S(C)(=O)=O)c1ccc(OC)cc1. The van der Waals surface area contributed by atoms with Gasteiger partial charge >= 0.3 is 0 Å². The molecule has 152 valence electrons. The fourth-order valence-corrected chi connectivity index (χ4v) is 3.69. The molecule has 0 spiro atoms. The van der Waals surface area contributed by atoms with Crippen LogP contribution in [0.25, 0.3) is 0 Å². The van der Waals surface area contributed by atoms with E-state index in [0.717, 1.165) is 21.9 Å². The fraction of sp³-hybridized carbons (Fsp3) is 0.350. The first kappa shape index (κ1) is 22.2. The zero-order valence-electron chi connectivity index (χ0n) is 16.2. The molecule has 1 amide bonds. The number of methoxy groups -OCH3 is 1. The number of rotatable bonds is 9. The quantitative estimate of drug-likeness (QED) is 0.669. The minimum atomic E-state index is -3.59. The second-order valence-corrected chi connectivity index (χ2v) is 8.81. The highest BCUT2D eigenvalue weighted by molar-refractivity contribution is 7.88. The van der Waals surface area contributed by atoms with Gasteiger partial charge in [-0.05, 0) is 35.7 Å². The molecule has 6 nitrogen and oxygen atoms in total. The number of ether oxygens (including phenoxy) is 1. The number of halogens is 1. The Labute approximate surface area is 171 Å². The van der Waals surface area contributed by atoms with E-state index < -0.39 is 10.0 Å². The van der Waals surface area contributed by atoms with E-state index in [9.17, 15) is 13.2 Å². The van der Waals surface area contributed by atoms with Crippen LogP contribution in [0.5, 0.6) is 5.75 Å². The molecule has 0 fully saturated rings. The van der Waals surface area contributed by atoms with Crippen LogP contribution >= 0.6 is 11.6 Å². The summed E-state index contributed by atoms with van der Waals surface area (Å²) in [6, 6.07) is 14.2. The Morgan fingerprint density at radius 3 is 2.36 bits per heavy atom. The second-order valence-electron chi connectivity index (χ2n) is 6.42. The molecule has 1 N–H and O–H groups in total. The molecular weight excluding hydrogens is 400 g/mol. The molecule has 0 saturated carbocycles. The van der Waals surface area contributed by atoms with Crippen molar-refractivity contribution < 1.29 is 17.9 Å². The lowest BCUT2D eigenvalue weighted by Gasteiger charge is -2.23. The lowest BCUT2D eigenvalue weighted by molar-refractivity contribution is -0.122. The van der Waals surface area contributed by atoms with E-state index in [2.05, 4.69) is 5.32 Å². The largest absolute Gasteiger partial charge is 0.497 e. The number of hydrogen-bond donors (Lipinski definition) is 1. The van der Waals surface area contributed by atoms with Crippen molar-refractivity contribution in [2.75, 3.05) is 19.9 Å². The van der Waals surface area contributed by atoms with E-state index in [1.165, 1.54) is 0 Å². The van der Waals surface area contributed by atoms with Crippen molar-refractivity contribution >= 4 is 27.5 Å². The van der Waals surface area contributed by atoms with Gasteiger partial charge in [-0.15, -0.1) is 0 Å². The van der Waals surface area contributed by atoms with Crippen molar-refractivity contribution in [1.82, 2.24) is 9.62 Å². The molecule has 0 aliphatic carbocycles. The van der Waals surface area contributed by atoms with Crippen molar-refractivity contribution in [2.45, 2.75) is 25.9 Å². The number of carbonyl (C=O) groups is 1. The first-order valence-corrected chi connectivity index (χ1v) is 11.1. The molecule has 0 aliphatic rings. The maximum atomic E-state index is 12.6. The third-order valence-electron chi connectivity index (χ3n) is 4.36. The summed E-state index contributed by atoms with van der Waals surface area (Å²) in [5.74, 6) is 0.355. The molecular formula is C20H25ClN2O4S. The molecule has 8 heteroatoms. The second kappa shape index (κ2) is 9.91. The standard InChI is InChI=1S/C20H25ClN2O4S/c1-4-19(15-9-11-17(27-2)12-10-15)22-20(24)14-23(28(3,25)26)13-16-7-5-6-8-18(16)21/h5-12,19H,4,13-14H2,1-3H3,(H,22,24)/t19-/m0/s1. The van der Waals surface area contributed by atoms with Crippen molar-refractivity contribution in [3.05, 3.63) is 64.7 Å². The number of sulfonamides is 1. The molecule has 0 radical (unpaired) electrons. The maximum Gasteiger partial charge on any atom is 0.235 e. The van der Waals surface area contributed by atoms with Crippen molar-refractivity contribution in [3.63, 3.8) is 0 Å². The van der Waals surface area contributed by atoms with E-state index in [1.807, 2.05) is 31.2 Å². The number of amides is 1. The topological polar surface area (TPSA) is 75.7 Å². The number of benzene rings is 2. The number of nitrogens with one attached hydrogen (secondary N) is 1. The predicted octanol–water partition coefficient (Wildman–Crippen LogP) is 3.38. The Morgan fingerprint density at radius 2 is 1.82 bits per heavy atom. The van der Waals surface area contributed by atoms with E-state index in [0.29, 0.717) is 17.0 Å². The third kappa shape index (κ3) is 6.22. The van der Waals surface area contributed by atoms with Crippen LogP contribution in [0.1, 0.15) is 30.5 Å². The summed E-state index contributed by atoms with van der Waals surface area (Å²) in [5, 5.41) is 3.36. The van der Waals surface area contributed by atoms with Crippen molar-refractivity contribution in [2.24, 2.45) is 0 Å². The van der Waals surface area contributed by atoms with Crippen LogP contribution in [-0.2, 0) is 21.4 Å². The summed E-state index contributed by atoms with van der Waals surface area (Å²) in [7, 11) is -2.00. The lowest BCUT2D eigenvalue weighted by Crippen LogP contribution is -2.41. The van der Waals surface area contributed by atoms with Gasteiger partial charge in [0.05, 0.1) is 26.0 Å². The predicted molar refractivity (Wildman–Crippen MR) is 111 cm³/mol. The van der Waals surface area contributed by atoms with Crippen LogP contribution < -0.4 is 10.1 Å². The molecule has 2 aromatic rings. The first-order chi connectivity index (χ1) is 13.2. The highest BCUT2D eigenvalue weighted by Gasteiger charge is 2.23. The summed E-state index contributed by atoms with van der Waals surface area (Å²) in [5.41, 5.74) is 1.57. The molecule has 2 rings (SSSR count). The van der Waals surface area contributed by atoms with Gasteiger partial charge in [0.1, 0.15) is 5.75 Å². The smallest absolute Gasteiger partial charge is 0.235 e. The molecule has 0 unspecified atom stereocenters. The van der Waals surface area contributed by atoms with E-state index in [1.54, 1.807) is 31.4 Å². The molecule has 28 heavy (non-hydrogen) atoms. The minimum Gasteiger partial charge on any atom is -0.497 e. The van der Waals surface area contributed by atoms with Crippen LogP contribution in [0.15, 0.2) is 48.5 Å². The summed E-state index contributed by atoms with van der Waals surface area (Å²) in [4.78, 5) is 12.6. The third-order valence-corrected chi connectivity index (χ3v) is 5.92. The van der Waals surface area contributed by atoms with Crippen LogP contribution in [0.4, 0.5) is 0 Å². The summed E-state index contributed by atoms with van der Waals surface area (Å²) in [6.07, 6.45) is 1.75. The molecule has 0 aromatic heterocycles.